The summed E-state index contributed by atoms with van der Waals surface area (Å²) in [6.45, 7) is 16.8. The molecule has 2 rings (SSSR count). The summed E-state index contributed by atoms with van der Waals surface area (Å²) in [6, 6.07) is 0. The second kappa shape index (κ2) is 9.88. The first-order valence-corrected chi connectivity index (χ1v) is 11.1. The molecule has 2 fully saturated rings. The van der Waals surface area contributed by atoms with Crippen molar-refractivity contribution < 1.29 is 38.1 Å². The van der Waals surface area contributed by atoms with Crippen molar-refractivity contribution >= 4 is 23.9 Å². The summed E-state index contributed by atoms with van der Waals surface area (Å²) < 4.78 is 21.1. The number of hydrogen-bond acceptors (Lipinski definition) is 8. The third kappa shape index (κ3) is 3.95. The molecule has 0 aromatic rings. The largest absolute Gasteiger partial charge is 0.466 e. The molecule has 0 saturated heterocycles. The topological polar surface area (TPSA) is 105 Å². The van der Waals surface area contributed by atoms with E-state index in [9.17, 15) is 19.2 Å². The van der Waals surface area contributed by atoms with Crippen molar-refractivity contribution in [3.63, 3.8) is 0 Å². The third-order valence-corrected chi connectivity index (χ3v) is 6.77. The van der Waals surface area contributed by atoms with Crippen LogP contribution in [-0.2, 0) is 38.1 Å². The first-order chi connectivity index (χ1) is 15.1. The molecule has 0 amide bonds. The van der Waals surface area contributed by atoms with Crippen molar-refractivity contribution in [2.24, 2.45) is 28.6 Å². The Bertz CT molecular complexity index is 795. The molecule has 0 aromatic heterocycles. The molecule has 4 atom stereocenters. The number of rotatable bonds is 8. The Balaban J connectivity index is 2.67. The molecule has 0 aliphatic heterocycles. The maximum Gasteiger partial charge on any atom is 0.323 e. The molecule has 32 heavy (non-hydrogen) atoms. The zero-order valence-electron chi connectivity index (χ0n) is 19.7. The highest BCUT2D eigenvalue weighted by Crippen LogP contribution is 2.63. The van der Waals surface area contributed by atoms with Crippen molar-refractivity contribution in [3.05, 3.63) is 24.3 Å². The summed E-state index contributed by atoms with van der Waals surface area (Å²) in [4.78, 5) is 52.4. The van der Waals surface area contributed by atoms with Crippen molar-refractivity contribution in [2.75, 3.05) is 26.4 Å². The quantitative estimate of drug-likeness (QED) is 0.316. The van der Waals surface area contributed by atoms with E-state index in [4.69, 9.17) is 18.9 Å². The van der Waals surface area contributed by atoms with Crippen molar-refractivity contribution in [3.8, 4) is 0 Å². The first-order valence-electron chi connectivity index (χ1n) is 11.1. The number of hydrogen-bond donors (Lipinski definition) is 0. The van der Waals surface area contributed by atoms with Gasteiger partial charge in [-0.15, -0.1) is 0 Å². The highest BCUT2D eigenvalue weighted by atomic mass is 16.6. The maximum absolute atomic E-state index is 13.3. The Labute approximate surface area is 189 Å². The summed E-state index contributed by atoms with van der Waals surface area (Å²) >= 11 is 0. The Kier molecular flexibility index (Phi) is 7.91. The molecule has 0 bridgehead atoms. The normalized spacial score (nSPS) is 28.5. The van der Waals surface area contributed by atoms with E-state index in [0.717, 1.165) is 0 Å². The lowest BCUT2D eigenvalue weighted by atomic mass is 9.55. The van der Waals surface area contributed by atoms with Gasteiger partial charge in [0.1, 0.15) is 0 Å². The fourth-order valence-electron chi connectivity index (χ4n) is 5.24. The second-order valence-corrected chi connectivity index (χ2v) is 8.38. The first kappa shape index (κ1) is 25.6. The zero-order valence-corrected chi connectivity index (χ0v) is 19.7. The molecule has 0 N–H and O–H groups in total. The molecule has 2 aliphatic carbocycles. The maximum atomic E-state index is 13.3. The van der Waals surface area contributed by atoms with E-state index in [1.165, 1.54) is 0 Å². The van der Waals surface area contributed by atoms with Crippen LogP contribution in [0.4, 0.5) is 0 Å². The summed E-state index contributed by atoms with van der Waals surface area (Å²) in [6.07, 6.45) is 0.0184. The molecule has 0 heterocycles. The number of allylic oxidation sites excluding steroid dienone is 1. The van der Waals surface area contributed by atoms with E-state index in [2.05, 4.69) is 13.2 Å². The average molecular weight is 451 g/mol. The third-order valence-electron chi connectivity index (χ3n) is 6.77. The van der Waals surface area contributed by atoms with Gasteiger partial charge >= 0.3 is 23.9 Å². The van der Waals surface area contributed by atoms with Crippen LogP contribution < -0.4 is 0 Å². The highest BCUT2D eigenvalue weighted by Gasteiger charge is 2.68. The van der Waals surface area contributed by atoms with Crippen LogP contribution in [0.5, 0.6) is 0 Å². The predicted molar refractivity (Wildman–Crippen MR) is 115 cm³/mol. The van der Waals surface area contributed by atoms with Gasteiger partial charge in [-0.25, -0.2) is 0 Å². The van der Waals surface area contributed by atoms with Gasteiger partial charge in [0.2, 0.25) is 0 Å². The molecule has 8 heteroatoms. The van der Waals surface area contributed by atoms with E-state index in [1.54, 1.807) is 34.6 Å². The number of ether oxygens (including phenoxy) is 4. The fourth-order valence-corrected chi connectivity index (χ4v) is 5.24. The van der Waals surface area contributed by atoms with Gasteiger partial charge in [-0.05, 0) is 70.4 Å². The summed E-state index contributed by atoms with van der Waals surface area (Å²) in [5.74, 6) is -4.74. The van der Waals surface area contributed by atoms with Crippen LogP contribution >= 0.6 is 0 Å². The number of esters is 4. The van der Waals surface area contributed by atoms with Crippen molar-refractivity contribution in [1.29, 1.82) is 0 Å². The Morgan fingerprint density at radius 3 is 1.72 bits per heavy atom. The molecular weight excluding hydrogens is 416 g/mol. The minimum absolute atomic E-state index is 0.0349. The lowest BCUT2D eigenvalue weighted by Crippen LogP contribution is -2.53. The smallest absolute Gasteiger partial charge is 0.323 e. The molecule has 2 saturated carbocycles. The molecule has 0 aromatic carbocycles. The van der Waals surface area contributed by atoms with Crippen molar-refractivity contribution in [2.45, 2.75) is 47.5 Å². The predicted octanol–water partition coefficient (Wildman–Crippen LogP) is 3.00. The van der Waals surface area contributed by atoms with Crippen LogP contribution in [-0.4, -0.2) is 50.3 Å². The van der Waals surface area contributed by atoms with Gasteiger partial charge in [-0.3, -0.25) is 19.2 Å². The summed E-state index contributed by atoms with van der Waals surface area (Å²) in [5.41, 5.74) is -2.15. The van der Waals surface area contributed by atoms with Crippen LogP contribution in [0.2, 0.25) is 0 Å². The minimum atomic E-state index is -1.61. The lowest BCUT2D eigenvalue weighted by molar-refractivity contribution is -0.176. The monoisotopic (exact) mass is 450 g/mol. The molecular formula is C24H34O8. The van der Waals surface area contributed by atoms with Gasteiger partial charge in [0, 0.05) is 0 Å². The van der Waals surface area contributed by atoms with Gasteiger partial charge in [-0.2, -0.15) is 0 Å². The molecule has 2 aliphatic rings. The minimum Gasteiger partial charge on any atom is -0.466 e. The standard InChI is InChI=1S/C24H34O8/c1-8-29-19(25)18-15(6)14(5)16-12-24(21(27)31-10-3,22(28)32-11-4)13-17(16)23(18,7)20(26)30-9-2/h16-18H,5-6,8-13H2,1-4,7H3/t16-,17+,18-,23-/m0/s1. The van der Waals surface area contributed by atoms with Crippen LogP contribution in [0.15, 0.2) is 24.3 Å². The zero-order chi connectivity index (χ0) is 24.3. The van der Waals surface area contributed by atoms with E-state index in [0.29, 0.717) is 11.1 Å². The van der Waals surface area contributed by atoms with Gasteiger partial charge in [0.25, 0.3) is 0 Å². The number of fused-ring (bicyclic) bond motifs is 1. The van der Waals surface area contributed by atoms with E-state index in [1.807, 2.05) is 0 Å². The molecule has 0 radical (unpaired) electrons. The van der Waals surface area contributed by atoms with Crippen LogP contribution in [0.3, 0.4) is 0 Å². The van der Waals surface area contributed by atoms with E-state index >= 15 is 0 Å². The summed E-state index contributed by atoms with van der Waals surface area (Å²) in [7, 11) is 0. The SMILES string of the molecule is C=C1C(=C)[C@@H]2CC(C(=O)OCC)(C(=O)OCC)C[C@H]2[C@](C)(C(=O)OCC)[C@@H]1C(=O)OCC. The number of carbonyl (C=O) groups excluding carboxylic acids is 4. The fraction of sp³-hybridized carbons (Fsp3) is 0.667. The number of carbonyl (C=O) groups is 4. The molecule has 178 valence electrons. The Hall–Kier alpha value is -2.64. The van der Waals surface area contributed by atoms with Crippen LogP contribution in [0.1, 0.15) is 47.5 Å². The molecule has 8 nitrogen and oxygen atoms in total. The van der Waals surface area contributed by atoms with Gasteiger partial charge in [0.05, 0.1) is 37.8 Å². The van der Waals surface area contributed by atoms with E-state index in [-0.39, 0.29) is 39.3 Å². The highest BCUT2D eigenvalue weighted by molar-refractivity contribution is 6.01. The molecule has 0 unspecified atom stereocenters. The average Bonchev–Trinajstić information content (AvgIpc) is 3.16. The second-order valence-electron chi connectivity index (χ2n) is 8.38. The van der Waals surface area contributed by atoms with Crippen LogP contribution in [0, 0.1) is 28.6 Å². The Morgan fingerprint density at radius 2 is 1.25 bits per heavy atom. The molecule has 0 spiro atoms. The van der Waals surface area contributed by atoms with Gasteiger partial charge < -0.3 is 18.9 Å². The summed E-state index contributed by atoms with van der Waals surface area (Å²) in [5, 5.41) is 0. The Morgan fingerprint density at radius 1 is 0.781 bits per heavy atom. The van der Waals surface area contributed by atoms with Crippen molar-refractivity contribution in [1.82, 2.24) is 0 Å². The van der Waals surface area contributed by atoms with Gasteiger partial charge in [0.15, 0.2) is 5.41 Å². The van der Waals surface area contributed by atoms with Crippen LogP contribution in [0.25, 0.3) is 0 Å². The van der Waals surface area contributed by atoms with E-state index < -0.39 is 52.5 Å². The lowest BCUT2D eigenvalue weighted by Gasteiger charge is -2.47. The van der Waals surface area contributed by atoms with Gasteiger partial charge in [-0.1, -0.05) is 13.2 Å².